The summed E-state index contributed by atoms with van der Waals surface area (Å²) in [6, 6.07) is 5.75. The second-order valence-corrected chi connectivity index (χ2v) is 7.97. The standard InChI is InChI=1S/C19H22F4N4O3S/c1-26(2)18-11(6-9-16(25-18)19(21,22)23)4-7-13(17(24)28)12-5-8-15(14(20)10-12)27(3)31(29)30/h5-6,8-10,13H,4,7H2,1-3H3,(H2,24,28)(H,29,30)/p-1. The molecule has 31 heavy (non-hydrogen) atoms. The van der Waals surface area contributed by atoms with Crippen LogP contribution in [0.5, 0.6) is 0 Å². The number of anilines is 2. The molecule has 0 aliphatic heterocycles. The Labute approximate surface area is 179 Å². The zero-order valence-electron chi connectivity index (χ0n) is 16.9. The zero-order valence-corrected chi connectivity index (χ0v) is 17.8. The number of carbonyl (C=O) groups excluding carboxylic acids is 1. The average molecular weight is 461 g/mol. The number of carbonyl (C=O) groups is 1. The molecular formula is C19H21F4N4O3S-. The first-order chi connectivity index (χ1) is 14.3. The molecule has 7 nitrogen and oxygen atoms in total. The summed E-state index contributed by atoms with van der Waals surface area (Å²) in [5.74, 6) is -2.46. The number of hydrogen-bond donors (Lipinski definition) is 1. The second kappa shape index (κ2) is 9.60. The Morgan fingerprint density at radius 1 is 1.23 bits per heavy atom. The number of nitrogens with two attached hydrogens (primary N) is 1. The van der Waals surface area contributed by atoms with Crippen molar-refractivity contribution in [2.45, 2.75) is 24.9 Å². The van der Waals surface area contributed by atoms with Gasteiger partial charge in [-0.2, -0.15) is 13.2 Å². The number of amides is 1. The van der Waals surface area contributed by atoms with Gasteiger partial charge in [0.2, 0.25) is 5.91 Å². The summed E-state index contributed by atoms with van der Waals surface area (Å²) in [4.78, 5) is 17.1. The van der Waals surface area contributed by atoms with E-state index in [2.05, 4.69) is 4.98 Å². The first-order valence-corrected chi connectivity index (χ1v) is 10.0. The third-order valence-corrected chi connectivity index (χ3v) is 5.30. The van der Waals surface area contributed by atoms with Gasteiger partial charge < -0.3 is 19.5 Å². The largest absolute Gasteiger partial charge is 0.755 e. The Bertz CT molecular complexity index is 985. The third-order valence-electron chi connectivity index (χ3n) is 4.65. The summed E-state index contributed by atoms with van der Waals surface area (Å²) >= 11 is -2.68. The molecule has 2 rings (SSSR count). The van der Waals surface area contributed by atoms with Gasteiger partial charge in [0.15, 0.2) is 0 Å². The van der Waals surface area contributed by atoms with Crippen LogP contribution in [0.15, 0.2) is 30.3 Å². The summed E-state index contributed by atoms with van der Waals surface area (Å²) in [7, 11) is 4.25. The molecule has 0 saturated heterocycles. The molecule has 12 heteroatoms. The molecule has 0 aliphatic rings. The fourth-order valence-electron chi connectivity index (χ4n) is 3.07. The van der Waals surface area contributed by atoms with Crippen LogP contribution >= 0.6 is 0 Å². The summed E-state index contributed by atoms with van der Waals surface area (Å²) < 4.78 is 76.0. The van der Waals surface area contributed by atoms with Gasteiger partial charge in [-0.1, -0.05) is 12.1 Å². The third kappa shape index (κ3) is 5.91. The summed E-state index contributed by atoms with van der Waals surface area (Å²) in [6.07, 6.45) is -4.36. The van der Waals surface area contributed by atoms with Crippen LogP contribution in [0.2, 0.25) is 0 Å². The predicted molar refractivity (Wildman–Crippen MR) is 108 cm³/mol. The van der Waals surface area contributed by atoms with Crippen molar-refractivity contribution in [3.05, 3.63) is 53.0 Å². The van der Waals surface area contributed by atoms with Crippen molar-refractivity contribution < 1.29 is 31.1 Å². The summed E-state index contributed by atoms with van der Waals surface area (Å²) in [6.45, 7) is 0. The Balaban J connectivity index is 2.31. The van der Waals surface area contributed by atoms with Crippen molar-refractivity contribution in [3.63, 3.8) is 0 Å². The molecule has 0 bridgehead atoms. The van der Waals surface area contributed by atoms with Crippen LogP contribution in [0.3, 0.4) is 0 Å². The Morgan fingerprint density at radius 2 is 1.87 bits per heavy atom. The molecule has 1 amide bonds. The zero-order chi connectivity index (χ0) is 23.5. The molecule has 2 atom stereocenters. The summed E-state index contributed by atoms with van der Waals surface area (Å²) in [5.41, 5.74) is 4.91. The maximum Gasteiger partial charge on any atom is 0.433 e. The van der Waals surface area contributed by atoms with Gasteiger partial charge in [-0.25, -0.2) is 9.37 Å². The molecule has 1 heterocycles. The molecular weight excluding hydrogens is 440 g/mol. The lowest BCUT2D eigenvalue weighted by molar-refractivity contribution is -0.141. The van der Waals surface area contributed by atoms with Gasteiger partial charge in [0.05, 0.1) is 11.6 Å². The molecule has 0 spiro atoms. The number of hydrogen-bond acceptors (Lipinski definition) is 5. The fourth-order valence-corrected chi connectivity index (χ4v) is 3.37. The monoisotopic (exact) mass is 461 g/mol. The number of pyridine rings is 1. The molecule has 0 radical (unpaired) electrons. The van der Waals surface area contributed by atoms with Crippen LogP contribution in [-0.4, -0.2) is 40.8 Å². The van der Waals surface area contributed by atoms with E-state index in [9.17, 15) is 31.1 Å². The maximum atomic E-state index is 14.4. The van der Waals surface area contributed by atoms with Gasteiger partial charge in [0.25, 0.3) is 0 Å². The molecule has 0 saturated carbocycles. The Hall–Kier alpha value is -2.73. The number of rotatable bonds is 8. The van der Waals surface area contributed by atoms with Gasteiger partial charge in [-0.3, -0.25) is 9.00 Å². The van der Waals surface area contributed by atoms with E-state index in [0.717, 1.165) is 19.2 Å². The molecule has 2 aromatic rings. The molecule has 0 aliphatic carbocycles. The minimum atomic E-state index is -4.60. The highest BCUT2D eigenvalue weighted by atomic mass is 32.2. The van der Waals surface area contributed by atoms with E-state index in [0.29, 0.717) is 9.87 Å². The van der Waals surface area contributed by atoms with Crippen LogP contribution < -0.4 is 14.9 Å². The SMILES string of the molecule is CN(C)c1nc(C(F)(F)F)ccc1CCC(C(N)=O)c1ccc(N(C)S(=O)[O-])c(F)c1. The van der Waals surface area contributed by atoms with Crippen molar-refractivity contribution in [1.29, 1.82) is 0 Å². The van der Waals surface area contributed by atoms with Gasteiger partial charge in [-0.15, -0.1) is 0 Å². The lowest BCUT2D eigenvalue weighted by Crippen LogP contribution is -2.24. The highest BCUT2D eigenvalue weighted by Crippen LogP contribution is 2.32. The van der Waals surface area contributed by atoms with Crippen molar-refractivity contribution in [1.82, 2.24) is 4.98 Å². The topological polar surface area (TPSA) is 103 Å². The number of aryl methyl sites for hydroxylation is 1. The molecule has 1 aromatic carbocycles. The lowest BCUT2D eigenvalue weighted by Gasteiger charge is -2.23. The number of benzene rings is 1. The number of primary amides is 1. The van der Waals surface area contributed by atoms with E-state index in [1.54, 1.807) is 14.1 Å². The predicted octanol–water partition coefficient (Wildman–Crippen LogP) is 2.74. The highest BCUT2D eigenvalue weighted by molar-refractivity contribution is 7.80. The van der Waals surface area contributed by atoms with Crippen LogP contribution in [-0.2, 0) is 28.7 Å². The smallest absolute Gasteiger partial charge is 0.433 e. The van der Waals surface area contributed by atoms with Crippen molar-refractivity contribution in [2.75, 3.05) is 30.3 Å². The van der Waals surface area contributed by atoms with Crippen LogP contribution in [0.25, 0.3) is 0 Å². The molecule has 170 valence electrons. The lowest BCUT2D eigenvalue weighted by atomic mass is 9.91. The van der Waals surface area contributed by atoms with E-state index < -0.39 is 40.8 Å². The van der Waals surface area contributed by atoms with Gasteiger partial charge in [0.1, 0.15) is 17.3 Å². The Kier molecular flexibility index (Phi) is 7.60. The van der Waals surface area contributed by atoms with Crippen LogP contribution in [0, 0.1) is 5.82 Å². The normalized spacial score (nSPS) is 13.5. The minimum Gasteiger partial charge on any atom is -0.755 e. The summed E-state index contributed by atoms with van der Waals surface area (Å²) in [5, 5.41) is 0. The molecule has 1 aromatic heterocycles. The van der Waals surface area contributed by atoms with E-state index in [1.807, 2.05) is 0 Å². The fraction of sp³-hybridized carbons (Fsp3) is 0.368. The van der Waals surface area contributed by atoms with Crippen LogP contribution in [0.1, 0.15) is 29.2 Å². The van der Waals surface area contributed by atoms with E-state index in [1.165, 1.54) is 23.1 Å². The van der Waals surface area contributed by atoms with Crippen molar-refractivity contribution >= 4 is 28.7 Å². The highest BCUT2D eigenvalue weighted by Gasteiger charge is 2.33. The Morgan fingerprint density at radius 3 is 2.35 bits per heavy atom. The van der Waals surface area contributed by atoms with Gasteiger partial charge in [-0.05, 0) is 42.2 Å². The van der Waals surface area contributed by atoms with Gasteiger partial charge in [0, 0.05) is 32.4 Å². The number of halogens is 4. The first kappa shape index (κ1) is 24.5. The van der Waals surface area contributed by atoms with E-state index >= 15 is 0 Å². The van der Waals surface area contributed by atoms with E-state index in [4.69, 9.17) is 5.73 Å². The van der Waals surface area contributed by atoms with Gasteiger partial charge >= 0.3 is 6.18 Å². The number of alkyl halides is 3. The molecule has 2 N–H and O–H groups in total. The first-order valence-electron chi connectivity index (χ1n) is 8.99. The maximum absolute atomic E-state index is 14.4. The van der Waals surface area contributed by atoms with Crippen molar-refractivity contribution in [2.24, 2.45) is 5.73 Å². The van der Waals surface area contributed by atoms with Crippen LogP contribution in [0.4, 0.5) is 29.1 Å². The minimum absolute atomic E-state index is 0.0886. The molecule has 2 unspecified atom stereocenters. The average Bonchev–Trinajstić information content (AvgIpc) is 2.66. The number of nitrogens with zero attached hydrogens (tertiary/aromatic N) is 3. The quantitative estimate of drug-likeness (QED) is 0.481. The number of aromatic nitrogens is 1. The van der Waals surface area contributed by atoms with E-state index in [-0.39, 0.29) is 29.9 Å². The second-order valence-electron chi connectivity index (χ2n) is 6.99. The van der Waals surface area contributed by atoms with Crippen molar-refractivity contribution in [3.8, 4) is 0 Å². The molecule has 0 fully saturated rings.